The molecule has 3 aromatic rings. The summed E-state index contributed by atoms with van der Waals surface area (Å²) in [5.41, 5.74) is 2.60. The Bertz CT molecular complexity index is 1180. The molecule has 1 aromatic heterocycles. The fraction of sp³-hybridized carbons (Fsp3) is 0.429. The van der Waals surface area contributed by atoms with Gasteiger partial charge in [-0.2, -0.15) is 0 Å². The van der Waals surface area contributed by atoms with Crippen molar-refractivity contribution < 1.29 is 23.4 Å². The maximum atomic E-state index is 13.5. The Hall–Kier alpha value is -3.01. The Morgan fingerprint density at radius 3 is 2.41 bits per heavy atom. The summed E-state index contributed by atoms with van der Waals surface area (Å²) in [4.78, 5) is 21.8. The number of benzene rings is 2. The second-order valence-corrected chi connectivity index (χ2v) is 10.3. The highest BCUT2D eigenvalue weighted by Gasteiger charge is 2.28. The number of hydrogen-bond donors (Lipinski definition) is 0. The lowest BCUT2D eigenvalue weighted by Crippen LogP contribution is -2.48. The van der Waals surface area contributed by atoms with Crippen LogP contribution < -0.4 is 9.47 Å². The van der Waals surface area contributed by atoms with Gasteiger partial charge in [0.1, 0.15) is 16.5 Å². The number of halogens is 1. The molecule has 37 heavy (non-hydrogen) atoms. The van der Waals surface area contributed by atoms with Crippen LogP contribution in [0.3, 0.4) is 0 Å². The lowest BCUT2D eigenvalue weighted by atomic mass is 10.1. The maximum absolute atomic E-state index is 13.5. The zero-order valence-corrected chi connectivity index (χ0v) is 22.6. The number of thiazole rings is 1. The number of aromatic nitrogens is 1. The number of carbonyl (C=O) groups excluding carboxylic acids is 1. The number of nitrogens with zero attached hydrogens (tertiary/aromatic N) is 3. The normalized spacial score (nSPS) is 17.7. The van der Waals surface area contributed by atoms with Gasteiger partial charge in [-0.1, -0.05) is 18.2 Å². The van der Waals surface area contributed by atoms with Gasteiger partial charge in [0, 0.05) is 31.6 Å². The highest BCUT2D eigenvalue weighted by Crippen LogP contribution is 2.28. The van der Waals surface area contributed by atoms with Crippen molar-refractivity contribution in [3.63, 3.8) is 0 Å². The largest absolute Gasteiger partial charge is 0.493 e. The summed E-state index contributed by atoms with van der Waals surface area (Å²) in [5, 5.41) is 2.71. The molecular weight excluding hydrogens is 493 g/mol. The summed E-state index contributed by atoms with van der Waals surface area (Å²) in [6, 6.07) is 12.5. The van der Waals surface area contributed by atoms with E-state index in [1.807, 2.05) is 42.3 Å². The zero-order valence-electron chi connectivity index (χ0n) is 21.8. The fourth-order valence-corrected chi connectivity index (χ4v) is 5.37. The highest BCUT2D eigenvalue weighted by molar-refractivity contribution is 7.09. The average molecular weight is 528 g/mol. The molecule has 2 heterocycles. The van der Waals surface area contributed by atoms with Crippen LogP contribution in [0, 0.1) is 5.82 Å². The Labute approximate surface area is 221 Å². The van der Waals surface area contributed by atoms with Gasteiger partial charge < -0.3 is 19.1 Å². The van der Waals surface area contributed by atoms with Crippen molar-refractivity contribution in [2.45, 2.75) is 45.6 Å². The predicted molar refractivity (Wildman–Crippen MR) is 142 cm³/mol. The number of amides is 1. The van der Waals surface area contributed by atoms with Gasteiger partial charge in [-0.15, -0.1) is 11.3 Å². The molecule has 1 fully saturated rings. The van der Waals surface area contributed by atoms with Crippen molar-refractivity contribution >= 4 is 17.2 Å². The van der Waals surface area contributed by atoms with Crippen molar-refractivity contribution in [2.75, 3.05) is 33.9 Å². The molecule has 7 nitrogen and oxygen atoms in total. The SMILES string of the molecule is COc1ccc(CCN(Cc2ccc(F)cc2)Cc2nc(C(=O)N3CC(C)OC(C)C3)cs2)cc1OC. The number of morpholine rings is 1. The topological polar surface area (TPSA) is 64.1 Å². The first-order valence-corrected chi connectivity index (χ1v) is 13.3. The standard InChI is InChI=1S/C28H34FN3O4S/c1-19-14-32(15-20(2)36-19)28(33)24-18-37-27(30-24)17-31(16-22-5-8-23(29)9-6-22)12-11-21-7-10-25(34-3)26(13-21)35-4/h5-10,13,18-20H,11-12,14-17H2,1-4H3. The third kappa shape index (κ3) is 7.28. The fourth-order valence-electron chi connectivity index (χ4n) is 4.56. The number of hydrogen-bond acceptors (Lipinski definition) is 7. The molecular formula is C28H34FN3O4S. The van der Waals surface area contributed by atoms with E-state index in [0.717, 1.165) is 29.1 Å². The van der Waals surface area contributed by atoms with Crippen molar-refractivity contribution in [3.05, 3.63) is 75.5 Å². The summed E-state index contributed by atoms with van der Waals surface area (Å²) in [5.74, 6) is 1.08. The van der Waals surface area contributed by atoms with Crippen LogP contribution in [0.2, 0.25) is 0 Å². The first-order valence-electron chi connectivity index (χ1n) is 12.4. The molecule has 0 spiro atoms. The van der Waals surface area contributed by atoms with Gasteiger partial charge in [-0.3, -0.25) is 9.69 Å². The van der Waals surface area contributed by atoms with E-state index in [9.17, 15) is 9.18 Å². The van der Waals surface area contributed by atoms with Crippen LogP contribution in [-0.4, -0.2) is 66.8 Å². The molecule has 1 saturated heterocycles. The van der Waals surface area contributed by atoms with E-state index in [1.54, 1.807) is 26.4 Å². The van der Waals surface area contributed by atoms with Crippen molar-refractivity contribution in [3.8, 4) is 11.5 Å². The zero-order chi connectivity index (χ0) is 26.4. The second kappa shape index (κ2) is 12.5. The molecule has 0 bridgehead atoms. The summed E-state index contributed by atoms with van der Waals surface area (Å²) >= 11 is 1.49. The molecule has 0 saturated carbocycles. The minimum atomic E-state index is -0.254. The third-order valence-electron chi connectivity index (χ3n) is 6.32. The minimum Gasteiger partial charge on any atom is -0.493 e. The minimum absolute atomic E-state index is 0.00795. The summed E-state index contributed by atoms with van der Waals surface area (Å²) in [6.45, 7) is 7.06. The lowest BCUT2D eigenvalue weighted by Gasteiger charge is -2.34. The molecule has 9 heteroatoms. The van der Waals surface area contributed by atoms with Crippen LogP contribution in [0.5, 0.6) is 11.5 Å². The molecule has 198 valence electrons. The predicted octanol–water partition coefficient (Wildman–Crippen LogP) is 4.79. The van der Waals surface area contributed by atoms with Crippen LogP contribution in [0.25, 0.3) is 0 Å². The Kier molecular flexibility index (Phi) is 9.13. The van der Waals surface area contributed by atoms with Crippen LogP contribution in [0.15, 0.2) is 47.8 Å². The van der Waals surface area contributed by atoms with E-state index in [4.69, 9.17) is 14.2 Å². The van der Waals surface area contributed by atoms with E-state index in [2.05, 4.69) is 9.88 Å². The second-order valence-electron chi connectivity index (χ2n) is 9.37. The molecule has 1 aliphatic heterocycles. The number of ether oxygens (including phenoxy) is 3. The van der Waals surface area contributed by atoms with Crippen molar-refractivity contribution in [1.82, 2.24) is 14.8 Å². The van der Waals surface area contributed by atoms with Crippen molar-refractivity contribution in [2.24, 2.45) is 0 Å². The molecule has 0 aliphatic carbocycles. The smallest absolute Gasteiger partial charge is 0.273 e. The maximum Gasteiger partial charge on any atom is 0.273 e. The summed E-state index contributed by atoms with van der Waals surface area (Å²) < 4.78 is 30.0. The van der Waals surface area contributed by atoms with Crippen LogP contribution in [0.1, 0.15) is 40.5 Å². The van der Waals surface area contributed by atoms with Crippen LogP contribution >= 0.6 is 11.3 Å². The molecule has 2 aromatic carbocycles. The van der Waals surface area contributed by atoms with E-state index in [-0.39, 0.29) is 23.9 Å². The van der Waals surface area contributed by atoms with E-state index in [1.165, 1.54) is 23.5 Å². The number of rotatable bonds is 10. The highest BCUT2D eigenvalue weighted by atomic mass is 32.1. The van der Waals surface area contributed by atoms with Gasteiger partial charge >= 0.3 is 0 Å². The first kappa shape index (κ1) is 27.0. The van der Waals surface area contributed by atoms with Crippen LogP contribution in [-0.2, 0) is 24.2 Å². The molecule has 2 atom stereocenters. The Morgan fingerprint density at radius 2 is 1.73 bits per heavy atom. The third-order valence-corrected chi connectivity index (χ3v) is 7.15. The lowest BCUT2D eigenvalue weighted by molar-refractivity contribution is -0.0587. The molecule has 1 amide bonds. The molecule has 0 radical (unpaired) electrons. The number of carbonyl (C=O) groups is 1. The first-order chi connectivity index (χ1) is 17.8. The van der Waals surface area contributed by atoms with Gasteiger partial charge in [0.15, 0.2) is 11.5 Å². The molecule has 4 rings (SSSR count). The molecule has 1 aliphatic rings. The number of methoxy groups -OCH3 is 2. The van der Waals surface area contributed by atoms with Gasteiger partial charge in [0.05, 0.1) is 33.0 Å². The van der Waals surface area contributed by atoms with Gasteiger partial charge in [-0.25, -0.2) is 9.37 Å². The molecule has 0 N–H and O–H groups in total. The van der Waals surface area contributed by atoms with E-state index >= 15 is 0 Å². The summed E-state index contributed by atoms with van der Waals surface area (Å²) in [7, 11) is 3.25. The van der Waals surface area contributed by atoms with E-state index in [0.29, 0.717) is 43.4 Å². The Morgan fingerprint density at radius 1 is 1.05 bits per heavy atom. The monoisotopic (exact) mass is 527 g/mol. The average Bonchev–Trinajstić information content (AvgIpc) is 3.35. The van der Waals surface area contributed by atoms with Crippen LogP contribution in [0.4, 0.5) is 4.39 Å². The summed E-state index contributed by atoms with van der Waals surface area (Å²) in [6.07, 6.45) is 0.796. The quantitative estimate of drug-likeness (QED) is 0.378. The van der Waals surface area contributed by atoms with Gasteiger partial charge in [0.2, 0.25) is 0 Å². The van der Waals surface area contributed by atoms with E-state index < -0.39 is 0 Å². The Balaban J connectivity index is 1.46. The van der Waals surface area contributed by atoms with Gasteiger partial charge in [-0.05, 0) is 55.7 Å². The van der Waals surface area contributed by atoms with Gasteiger partial charge in [0.25, 0.3) is 5.91 Å². The van der Waals surface area contributed by atoms with Crippen molar-refractivity contribution in [1.29, 1.82) is 0 Å². The molecule has 2 unspecified atom stereocenters.